The van der Waals surface area contributed by atoms with Gasteiger partial charge in [-0.2, -0.15) is 0 Å². The maximum Gasteiger partial charge on any atom is 0.324 e. The Morgan fingerprint density at radius 2 is 2.33 bits per heavy atom. The first kappa shape index (κ1) is 14.1. The van der Waals surface area contributed by atoms with Gasteiger partial charge in [-0.05, 0) is 26.3 Å². The first-order chi connectivity index (χ1) is 10.0. The van der Waals surface area contributed by atoms with Gasteiger partial charge in [0, 0.05) is 32.1 Å². The fourth-order valence-corrected chi connectivity index (χ4v) is 3.30. The van der Waals surface area contributed by atoms with E-state index in [2.05, 4.69) is 15.4 Å². The van der Waals surface area contributed by atoms with E-state index in [-0.39, 0.29) is 17.9 Å². The van der Waals surface area contributed by atoms with Gasteiger partial charge < -0.3 is 9.84 Å². The van der Waals surface area contributed by atoms with Crippen LogP contribution in [0.1, 0.15) is 25.5 Å². The number of aromatic nitrogens is 1. The molecule has 1 aromatic heterocycles. The quantitative estimate of drug-likeness (QED) is 0.835. The molecule has 2 aliphatic heterocycles. The number of nitrogens with one attached hydrogen (secondary N) is 1. The molecule has 0 bridgehead atoms. The van der Waals surface area contributed by atoms with E-state index in [1.54, 1.807) is 6.26 Å². The Kier molecular flexibility index (Phi) is 3.44. The summed E-state index contributed by atoms with van der Waals surface area (Å²) < 4.78 is 4.85. The minimum absolute atomic E-state index is 0.111. The van der Waals surface area contributed by atoms with Crippen LogP contribution in [0.2, 0.25) is 0 Å². The molecule has 114 valence electrons. The van der Waals surface area contributed by atoms with Crippen LogP contribution in [0.4, 0.5) is 4.79 Å². The molecule has 2 fully saturated rings. The standard InChI is InChI=1S/C14H20N4O3/c1-14(12(19)17(2)13(20)15-14)10-4-3-6-18(8-10)9-11-5-7-21-16-11/h5,7,10H,3-4,6,8-9H2,1-2H3,(H,15,20). The molecule has 21 heavy (non-hydrogen) atoms. The van der Waals surface area contributed by atoms with Crippen molar-refractivity contribution in [1.82, 2.24) is 20.3 Å². The van der Waals surface area contributed by atoms with E-state index in [9.17, 15) is 9.59 Å². The summed E-state index contributed by atoms with van der Waals surface area (Å²) in [6.07, 6.45) is 3.50. The Morgan fingerprint density at radius 1 is 1.52 bits per heavy atom. The van der Waals surface area contributed by atoms with Gasteiger partial charge in [-0.1, -0.05) is 5.16 Å². The van der Waals surface area contributed by atoms with Crippen LogP contribution in [0.5, 0.6) is 0 Å². The summed E-state index contributed by atoms with van der Waals surface area (Å²) in [7, 11) is 1.53. The van der Waals surface area contributed by atoms with E-state index in [1.165, 1.54) is 11.9 Å². The number of hydrogen-bond acceptors (Lipinski definition) is 5. The number of carbonyl (C=O) groups excluding carboxylic acids is 2. The van der Waals surface area contributed by atoms with Crippen LogP contribution in [-0.4, -0.2) is 52.6 Å². The zero-order valence-electron chi connectivity index (χ0n) is 12.3. The molecular formula is C14H20N4O3. The Morgan fingerprint density at radius 3 is 2.95 bits per heavy atom. The van der Waals surface area contributed by atoms with Crippen LogP contribution < -0.4 is 5.32 Å². The van der Waals surface area contributed by atoms with Crippen molar-refractivity contribution in [1.29, 1.82) is 0 Å². The molecule has 3 heterocycles. The van der Waals surface area contributed by atoms with Gasteiger partial charge in [0.05, 0.1) is 5.69 Å². The highest BCUT2D eigenvalue weighted by atomic mass is 16.5. The second-order valence-corrected chi connectivity index (χ2v) is 6.06. The molecular weight excluding hydrogens is 272 g/mol. The van der Waals surface area contributed by atoms with Crippen molar-refractivity contribution >= 4 is 11.9 Å². The van der Waals surface area contributed by atoms with E-state index in [4.69, 9.17) is 4.52 Å². The second-order valence-electron chi connectivity index (χ2n) is 6.06. The lowest BCUT2D eigenvalue weighted by Crippen LogP contribution is -2.55. The smallest absolute Gasteiger partial charge is 0.324 e. The Hall–Kier alpha value is -1.89. The lowest BCUT2D eigenvalue weighted by molar-refractivity contribution is -0.132. The Labute approximate surface area is 123 Å². The third kappa shape index (κ3) is 2.42. The number of nitrogens with zero attached hydrogens (tertiary/aromatic N) is 3. The summed E-state index contributed by atoms with van der Waals surface area (Å²) in [5, 5.41) is 6.78. The number of urea groups is 1. The number of imide groups is 1. The van der Waals surface area contributed by atoms with Gasteiger partial charge in [0.25, 0.3) is 5.91 Å². The van der Waals surface area contributed by atoms with Gasteiger partial charge >= 0.3 is 6.03 Å². The SMILES string of the molecule is CN1C(=O)NC(C)(C2CCCN(Cc3ccon3)C2)C1=O. The molecule has 2 saturated heterocycles. The van der Waals surface area contributed by atoms with Crippen LogP contribution in [0.25, 0.3) is 0 Å². The van der Waals surface area contributed by atoms with E-state index in [1.807, 2.05) is 13.0 Å². The van der Waals surface area contributed by atoms with Crippen molar-refractivity contribution in [3.63, 3.8) is 0 Å². The molecule has 7 nitrogen and oxygen atoms in total. The summed E-state index contributed by atoms with van der Waals surface area (Å²) in [5.74, 6) is -0.0275. The number of likely N-dealkylation sites (tertiary alicyclic amines) is 1. The fourth-order valence-electron chi connectivity index (χ4n) is 3.30. The van der Waals surface area contributed by atoms with Crippen LogP contribution in [0.15, 0.2) is 16.9 Å². The van der Waals surface area contributed by atoms with Crippen molar-refractivity contribution in [2.24, 2.45) is 5.92 Å². The zero-order chi connectivity index (χ0) is 15.0. The molecule has 1 N–H and O–H groups in total. The predicted molar refractivity (Wildman–Crippen MR) is 74.2 cm³/mol. The first-order valence-electron chi connectivity index (χ1n) is 7.22. The topological polar surface area (TPSA) is 78.7 Å². The molecule has 0 aliphatic carbocycles. The summed E-state index contributed by atoms with van der Waals surface area (Å²) in [6.45, 7) is 4.28. The highest BCUT2D eigenvalue weighted by Gasteiger charge is 2.51. The molecule has 2 aliphatic rings. The molecule has 7 heteroatoms. The Balaban J connectivity index is 1.71. The van der Waals surface area contributed by atoms with Gasteiger partial charge in [0.2, 0.25) is 0 Å². The number of amides is 3. The van der Waals surface area contributed by atoms with Crippen molar-refractivity contribution in [3.05, 3.63) is 18.0 Å². The predicted octanol–water partition coefficient (Wildman–Crippen LogP) is 0.827. The van der Waals surface area contributed by atoms with Crippen LogP contribution in [-0.2, 0) is 11.3 Å². The van der Waals surface area contributed by atoms with Crippen molar-refractivity contribution in [2.75, 3.05) is 20.1 Å². The van der Waals surface area contributed by atoms with Crippen molar-refractivity contribution in [3.8, 4) is 0 Å². The largest absolute Gasteiger partial charge is 0.364 e. The molecule has 2 atom stereocenters. The van der Waals surface area contributed by atoms with Gasteiger partial charge in [-0.3, -0.25) is 14.6 Å². The maximum atomic E-state index is 12.4. The number of piperidine rings is 1. The minimum atomic E-state index is -0.797. The van der Waals surface area contributed by atoms with Crippen LogP contribution >= 0.6 is 0 Å². The number of carbonyl (C=O) groups is 2. The molecule has 3 amide bonds. The van der Waals surface area contributed by atoms with Crippen LogP contribution in [0.3, 0.4) is 0 Å². The minimum Gasteiger partial charge on any atom is -0.364 e. The summed E-state index contributed by atoms with van der Waals surface area (Å²) in [5.41, 5.74) is 0.0913. The monoisotopic (exact) mass is 292 g/mol. The van der Waals surface area contributed by atoms with Gasteiger partial charge in [0.15, 0.2) is 0 Å². The highest BCUT2D eigenvalue weighted by molar-refractivity contribution is 6.06. The third-order valence-corrected chi connectivity index (χ3v) is 4.62. The van der Waals surface area contributed by atoms with Gasteiger partial charge in [0.1, 0.15) is 11.8 Å². The van der Waals surface area contributed by atoms with E-state index in [0.29, 0.717) is 6.54 Å². The summed E-state index contributed by atoms with van der Waals surface area (Å²) >= 11 is 0. The average Bonchev–Trinajstić information content (AvgIpc) is 3.04. The molecule has 0 aromatic carbocycles. The number of rotatable bonds is 3. The average molecular weight is 292 g/mol. The van der Waals surface area contributed by atoms with Gasteiger partial charge in [-0.15, -0.1) is 0 Å². The highest BCUT2D eigenvalue weighted by Crippen LogP contribution is 2.32. The first-order valence-corrected chi connectivity index (χ1v) is 7.22. The van der Waals surface area contributed by atoms with Crippen molar-refractivity contribution in [2.45, 2.75) is 31.8 Å². The molecule has 0 spiro atoms. The van der Waals surface area contributed by atoms with Crippen LogP contribution in [0, 0.1) is 5.92 Å². The van der Waals surface area contributed by atoms with E-state index >= 15 is 0 Å². The maximum absolute atomic E-state index is 12.4. The fraction of sp³-hybridized carbons (Fsp3) is 0.643. The second kappa shape index (κ2) is 5.14. The number of hydrogen-bond donors (Lipinski definition) is 1. The molecule has 2 unspecified atom stereocenters. The van der Waals surface area contributed by atoms with Gasteiger partial charge in [-0.25, -0.2) is 4.79 Å². The normalized spacial score (nSPS) is 30.8. The van der Waals surface area contributed by atoms with E-state index in [0.717, 1.165) is 31.6 Å². The molecule has 1 aromatic rings. The molecule has 3 rings (SSSR count). The van der Waals surface area contributed by atoms with E-state index < -0.39 is 5.54 Å². The Bertz CT molecular complexity index is 544. The zero-order valence-corrected chi connectivity index (χ0v) is 12.3. The van der Waals surface area contributed by atoms with Crippen molar-refractivity contribution < 1.29 is 14.1 Å². The molecule has 0 saturated carbocycles. The lowest BCUT2D eigenvalue weighted by Gasteiger charge is -2.39. The lowest BCUT2D eigenvalue weighted by atomic mass is 9.80. The molecule has 0 radical (unpaired) electrons. The third-order valence-electron chi connectivity index (χ3n) is 4.62. The summed E-state index contributed by atoms with van der Waals surface area (Å²) in [4.78, 5) is 27.5. The summed E-state index contributed by atoms with van der Waals surface area (Å²) in [6, 6.07) is 1.54. The number of likely N-dealkylation sites (N-methyl/N-ethyl adjacent to an activating group) is 1.